The van der Waals surface area contributed by atoms with Gasteiger partial charge in [0, 0.05) is 24.2 Å². The van der Waals surface area contributed by atoms with Crippen LogP contribution in [0.2, 0.25) is 0 Å². The third kappa shape index (κ3) is 8.57. The Labute approximate surface area is 253 Å². The zero-order valence-electron chi connectivity index (χ0n) is 26.0. The van der Waals surface area contributed by atoms with Gasteiger partial charge in [-0.15, -0.1) is 0 Å². The SMILES string of the molecule is CCCCC[C@H]1C=C[C@@H](CCCCC[C@H](C(=O)[O-])[C@H](O)[C@@H]2CC[C@H]3[C@@H](CC4CC[NH2+]C(N)C4)C[C@H](O)[C@]3(O)C2)[C@H](O)C1. The topological polar surface area (TPSA) is 164 Å². The molecule has 0 aromatic carbocycles. The molecule has 8 N–H and O–H groups in total. The normalized spacial score (nSPS) is 40.0. The van der Waals surface area contributed by atoms with Crippen molar-refractivity contribution in [1.29, 1.82) is 0 Å². The first kappa shape index (κ1) is 33.9. The fourth-order valence-electron chi connectivity index (χ4n) is 9.17. The zero-order valence-corrected chi connectivity index (χ0v) is 26.0. The number of aliphatic carboxylic acids is 1. The van der Waals surface area contributed by atoms with Crippen molar-refractivity contribution >= 4 is 5.97 Å². The summed E-state index contributed by atoms with van der Waals surface area (Å²) in [5.41, 5.74) is 4.89. The molecule has 8 heteroatoms. The molecule has 8 nitrogen and oxygen atoms in total. The van der Waals surface area contributed by atoms with Gasteiger partial charge >= 0.3 is 0 Å². The standard InChI is InChI=1S/C34H60N2O6/c1-2-3-5-8-22-11-12-24(29(37)18-22)9-6-4-7-10-27(33(40)41)32(39)25-13-14-28-26(20-30(38)34(28,42)21-25)17-23-15-16-36-31(35)19-23/h11-12,22-32,36-39,42H,2-10,13-21,35H2,1H3,(H,40,41)/t22-,23?,24+,25+,26-,27-,28-,29+,30-,31?,32+,34-/m0/s1. The number of carboxylic acids is 1. The number of unbranched alkanes of at least 4 members (excludes halogenated alkanes) is 4. The number of carbonyl (C=O) groups is 1. The highest BCUT2D eigenvalue weighted by Gasteiger charge is 2.57. The van der Waals surface area contributed by atoms with E-state index in [-0.39, 0.29) is 42.4 Å². The third-order valence-corrected chi connectivity index (χ3v) is 11.6. The molecule has 0 aromatic heterocycles. The largest absolute Gasteiger partial charge is 0.550 e. The maximum absolute atomic E-state index is 12.1. The maximum Gasteiger partial charge on any atom is 0.137 e. The molecule has 0 bridgehead atoms. The number of nitrogens with two attached hydrogens (primary N) is 2. The minimum absolute atomic E-state index is 0.0182. The number of rotatable bonds is 15. The van der Waals surface area contributed by atoms with Crippen LogP contribution in [-0.4, -0.2) is 63.0 Å². The van der Waals surface area contributed by atoms with Gasteiger partial charge in [0.05, 0.1) is 30.5 Å². The van der Waals surface area contributed by atoms with Crippen LogP contribution in [0, 0.1) is 41.4 Å². The molecule has 3 fully saturated rings. The highest BCUT2D eigenvalue weighted by atomic mass is 16.4. The second-order valence-corrected chi connectivity index (χ2v) is 14.6. The molecule has 1 saturated heterocycles. The second-order valence-electron chi connectivity index (χ2n) is 14.6. The summed E-state index contributed by atoms with van der Waals surface area (Å²) >= 11 is 0. The molecule has 0 spiro atoms. The zero-order chi connectivity index (χ0) is 30.3. The average Bonchev–Trinajstić information content (AvgIpc) is 3.19. The molecular formula is C34H60N2O6. The Morgan fingerprint density at radius 2 is 1.83 bits per heavy atom. The van der Waals surface area contributed by atoms with Crippen LogP contribution in [-0.2, 0) is 4.79 Å². The Morgan fingerprint density at radius 1 is 1.05 bits per heavy atom. The first-order valence-corrected chi connectivity index (χ1v) is 17.4. The van der Waals surface area contributed by atoms with Gasteiger partial charge in [0.1, 0.15) is 6.17 Å². The van der Waals surface area contributed by atoms with E-state index in [2.05, 4.69) is 24.4 Å². The molecule has 3 aliphatic carbocycles. The number of aliphatic hydroxyl groups excluding tert-OH is 3. The molecule has 12 atom stereocenters. The number of carboxylic acid groups (broad SMARTS) is 1. The van der Waals surface area contributed by atoms with Crippen molar-refractivity contribution in [2.45, 2.75) is 146 Å². The number of quaternary nitrogens is 1. The third-order valence-electron chi connectivity index (χ3n) is 11.6. The quantitative estimate of drug-likeness (QED) is 0.125. The molecule has 1 aliphatic heterocycles. The number of aliphatic hydroxyl groups is 4. The first-order chi connectivity index (χ1) is 20.1. The van der Waals surface area contributed by atoms with Crippen LogP contribution in [0.15, 0.2) is 12.2 Å². The molecule has 242 valence electrons. The number of carbonyl (C=O) groups excluding carboxylic acids is 1. The van der Waals surface area contributed by atoms with Crippen molar-refractivity contribution < 1.29 is 35.6 Å². The highest BCUT2D eigenvalue weighted by molar-refractivity contribution is 5.68. The van der Waals surface area contributed by atoms with E-state index < -0.39 is 29.7 Å². The minimum Gasteiger partial charge on any atom is -0.550 e. The van der Waals surface area contributed by atoms with E-state index >= 15 is 0 Å². The number of fused-ring (bicyclic) bond motifs is 1. The lowest BCUT2D eigenvalue weighted by molar-refractivity contribution is -0.699. The number of hydrogen-bond donors (Lipinski definition) is 6. The molecule has 0 radical (unpaired) electrons. The number of hydrogen-bond acceptors (Lipinski definition) is 7. The fraction of sp³-hybridized carbons (Fsp3) is 0.912. The van der Waals surface area contributed by atoms with Gasteiger partial charge in [0.15, 0.2) is 0 Å². The van der Waals surface area contributed by atoms with Crippen LogP contribution in [0.3, 0.4) is 0 Å². The molecule has 4 aliphatic rings. The summed E-state index contributed by atoms with van der Waals surface area (Å²) in [5.74, 6) is -1.20. The molecule has 4 rings (SSSR count). The van der Waals surface area contributed by atoms with Gasteiger partial charge in [0.25, 0.3) is 0 Å². The molecule has 42 heavy (non-hydrogen) atoms. The van der Waals surface area contributed by atoms with Crippen LogP contribution in [0.4, 0.5) is 0 Å². The summed E-state index contributed by atoms with van der Waals surface area (Å²) in [6, 6.07) is 0. The fourth-order valence-corrected chi connectivity index (χ4v) is 9.17. The number of allylic oxidation sites excluding steroid dienone is 1. The van der Waals surface area contributed by atoms with Gasteiger partial charge in [-0.1, -0.05) is 57.6 Å². The Kier molecular flexibility index (Phi) is 12.7. The molecule has 0 amide bonds. The highest BCUT2D eigenvalue weighted by Crippen LogP contribution is 2.53. The van der Waals surface area contributed by atoms with Crippen LogP contribution >= 0.6 is 0 Å². The van der Waals surface area contributed by atoms with Crippen LogP contribution in [0.1, 0.15) is 116 Å². The monoisotopic (exact) mass is 592 g/mol. The Balaban J connectivity index is 1.22. The van der Waals surface area contributed by atoms with E-state index in [0.717, 1.165) is 57.9 Å². The van der Waals surface area contributed by atoms with Crippen molar-refractivity contribution in [2.75, 3.05) is 6.54 Å². The Morgan fingerprint density at radius 3 is 2.55 bits per heavy atom. The lowest BCUT2D eigenvalue weighted by Gasteiger charge is -2.45. The summed E-state index contributed by atoms with van der Waals surface area (Å²) in [4.78, 5) is 12.1. The van der Waals surface area contributed by atoms with Gasteiger partial charge in [-0.3, -0.25) is 5.73 Å². The molecule has 2 saturated carbocycles. The van der Waals surface area contributed by atoms with Gasteiger partial charge in [-0.2, -0.15) is 0 Å². The first-order valence-electron chi connectivity index (χ1n) is 17.4. The van der Waals surface area contributed by atoms with Crippen LogP contribution in [0.25, 0.3) is 0 Å². The summed E-state index contributed by atoms with van der Waals surface area (Å²) in [7, 11) is 0. The van der Waals surface area contributed by atoms with Crippen molar-refractivity contribution in [3.8, 4) is 0 Å². The average molecular weight is 593 g/mol. The summed E-state index contributed by atoms with van der Waals surface area (Å²) in [5, 5.41) is 58.7. The second kappa shape index (κ2) is 15.8. The van der Waals surface area contributed by atoms with Crippen molar-refractivity contribution in [1.82, 2.24) is 0 Å². The van der Waals surface area contributed by atoms with Gasteiger partial charge < -0.3 is 35.6 Å². The lowest BCUT2D eigenvalue weighted by atomic mass is 9.65. The maximum atomic E-state index is 12.1. The van der Waals surface area contributed by atoms with Crippen LogP contribution in [0.5, 0.6) is 0 Å². The van der Waals surface area contributed by atoms with Crippen molar-refractivity contribution in [2.24, 2.45) is 47.2 Å². The van der Waals surface area contributed by atoms with E-state index in [0.29, 0.717) is 43.9 Å². The Bertz CT molecular complexity index is 871. The van der Waals surface area contributed by atoms with Gasteiger partial charge in [-0.05, 0) is 93.8 Å². The molecule has 1 heterocycles. The van der Waals surface area contributed by atoms with E-state index in [1.54, 1.807) is 0 Å². The predicted octanol–water partition coefficient (Wildman–Crippen LogP) is 1.97. The minimum atomic E-state index is -1.27. The smallest absolute Gasteiger partial charge is 0.137 e. The van der Waals surface area contributed by atoms with Gasteiger partial charge in [0.2, 0.25) is 0 Å². The lowest BCUT2D eigenvalue weighted by Crippen LogP contribution is -2.94. The van der Waals surface area contributed by atoms with Crippen molar-refractivity contribution in [3.05, 3.63) is 12.2 Å². The molecule has 0 aromatic rings. The predicted molar refractivity (Wildman–Crippen MR) is 160 cm³/mol. The summed E-state index contributed by atoms with van der Waals surface area (Å²) in [6.07, 6.45) is 16.9. The van der Waals surface area contributed by atoms with Crippen LogP contribution < -0.4 is 16.2 Å². The van der Waals surface area contributed by atoms with E-state index in [4.69, 9.17) is 5.73 Å². The molecular weight excluding hydrogens is 532 g/mol. The van der Waals surface area contributed by atoms with Gasteiger partial charge in [-0.25, -0.2) is 0 Å². The summed E-state index contributed by atoms with van der Waals surface area (Å²) < 4.78 is 0. The van der Waals surface area contributed by atoms with Crippen molar-refractivity contribution in [3.63, 3.8) is 0 Å². The van der Waals surface area contributed by atoms with E-state index in [1.807, 2.05) is 0 Å². The Hall–Kier alpha value is -1.03. The molecule has 2 unspecified atom stereocenters. The summed E-state index contributed by atoms with van der Waals surface area (Å²) in [6.45, 7) is 3.23. The van der Waals surface area contributed by atoms with E-state index in [9.17, 15) is 30.3 Å². The van der Waals surface area contributed by atoms with E-state index in [1.165, 1.54) is 19.3 Å². The number of piperidine rings is 1.